The molecule has 0 aliphatic carbocycles. The van der Waals surface area contributed by atoms with E-state index >= 15 is 0 Å². The molecule has 0 atom stereocenters. The van der Waals surface area contributed by atoms with Gasteiger partial charge in [0.05, 0.1) is 5.52 Å². The van der Waals surface area contributed by atoms with E-state index in [2.05, 4.69) is 59.6 Å². The van der Waals surface area contributed by atoms with E-state index in [9.17, 15) is 0 Å². The van der Waals surface area contributed by atoms with Crippen LogP contribution in [-0.4, -0.2) is 9.97 Å². The Morgan fingerprint density at radius 2 is 1.50 bits per heavy atom. The van der Waals surface area contributed by atoms with Gasteiger partial charge in [-0.2, -0.15) is 0 Å². The average molecular weight is 284 g/mol. The van der Waals surface area contributed by atoms with Gasteiger partial charge in [0, 0.05) is 28.4 Å². The number of nitrogens with zero attached hydrogens (tertiary/aromatic N) is 2. The molecule has 0 aliphatic heterocycles. The highest BCUT2D eigenvalue weighted by atomic mass is 14.7. The summed E-state index contributed by atoms with van der Waals surface area (Å²) >= 11 is 0. The molecule has 2 aromatic heterocycles. The molecule has 4 aromatic rings. The molecule has 0 radical (unpaired) electrons. The third-order valence-corrected chi connectivity index (χ3v) is 4.03. The number of rotatable bonds is 3. The van der Waals surface area contributed by atoms with Crippen LogP contribution in [0.2, 0.25) is 0 Å². The summed E-state index contributed by atoms with van der Waals surface area (Å²) in [6.07, 6.45) is 3.71. The molecule has 0 unspecified atom stereocenters. The minimum Gasteiger partial charge on any atom is -0.261 e. The quantitative estimate of drug-likeness (QED) is 0.551. The van der Waals surface area contributed by atoms with Crippen molar-refractivity contribution in [1.82, 2.24) is 9.97 Å². The van der Waals surface area contributed by atoms with Gasteiger partial charge < -0.3 is 0 Å². The minimum absolute atomic E-state index is 0.909. The van der Waals surface area contributed by atoms with Gasteiger partial charge in [-0.15, -0.1) is 0 Å². The lowest BCUT2D eigenvalue weighted by Gasteiger charge is -2.06. The standard InChI is InChI=1S/C20H16N2/c1-3-7-18-15(5-1)13-14-21-20(18)12-11-17-10-9-16-6-2-4-8-19(16)22-17/h1-10,13-14H,11-12H2. The van der Waals surface area contributed by atoms with Crippen molar-refractivity contribution in [2.75, 3.05) is 0 Å². The molecule has 0 aliphatic rings. The molecule has 0 amide bonds. The van der Waals surface area contributed by atoms with Crippen LogP contribution in [0.4, 0.5) is 0 Å². The number of hydrogen-bond acceptors (Lipinski definition) is 2. The first-order chi connectivity index (χ1) is 10.9. The van der Waals surface area contributed by atoms with Crippen LogP contribution in [0.15, 0.2) is 72.9 Å². The third kappa shape index (κ3) is 2.44. The topological polar surface area (TPSA) is 25.8 Å². The molecule has 0 saturated carbocycles. The summed E-state index contributed by atoms with van der Waals surface area (Å²) in [5.41, 5.74) is 3.33. The molecule has 22 heavy (non-hydrogen) atoms. The largest absolute Gasteiger partial charge is 0.261 e. The Labute approximate surface area is 129 Å². The van der Waals surface area contributed by atoms with Crippen molar-refractivity contribution in [2.24, 2.45) is 0 Å². The number of pyridine rings is 2. The maximum absolute atomic E-state index is 4.74. The van der Waals surface area contributed by atoms with Crippen LogP contribution in [0, 0.1) is 0 Å². The SMILES string of the molecule is c1ccc2nc(CCc3nccc4ccccc34)ccc2c1. The molecule has 106 valence electrons. The van der Waals surface area contributed by atoms with E-state index in [1.165, 1.54) is 16.2 Å². The summed E-state index contributed by atoms with van der Waals surface area (Å²) in [6, 6.07) is 23.0. The Kier molecular flexibility index (Phi) is 3.28. The van der Waals surface area contributed by atoms with Gasteiger partial charge in [0.2, 0.25) is 0 Å². The number of benzene rings is 2. The van der Waals surface area contributed by atoms with Gasteiger partial charge in [0.15, 0.2) is 0 Å². The lowest BCUT2D eigenvalue weighted by Crippen LogP contribution is -1.98. The van der Waals surface area contributed by atoms with Gasteiger partial charge >= 0.3 is 0 Å². The van der Waals surface area contributed by atoms with E-state index in [0.29, 0.717) is 0 Å². The van der Waals surface area contributed by atoms with Gasteiger partial charge in [-0.1, -0.05) is 48.5 Å². The number of aromatic nitrogens is 2. The van der Waals surface area contributed by atoms with Crippen molar-refractivity contribution >= 4 is 21.7 Å². The molecule has 0 spiro atoms. The second kappa shape index (κ2) is 5.57. The normalized spacial score (nSPS) is 11.1. The Hall–Kier alpha value is -2.74. The molecule has 2 aromatic carbocycles. The summed E-state index contributed by atoms with van der Waals surface area (Å²) in [4.78, 5) is 9.30. The van der Waals surface area contributed by atoms with E-state index in [1.54, 1.807) is 0 Å². The van der Waals surface area contributed by atoms with E-state index in [-0.39, 0.29) is 0 Å². The predicted molar refractivity (Wildman–Crippen MR) is 90.9 cm³/mol. The Morgan fingerprint density at radius 1 is 0.682 bits per heavy atom. The first-order valence-electron chi connectivity index (χ1n) is 7.57. The Balaban J connectivity index is 1.63. The van der Waals surface area contributed by atoms with Gasteiger partial charge in [-0.05, 0) is 36.4 Å². The molecule has 0 saturated heterocycles. The fourth-order valence-electron chi connectivity index (χ4n) is 2.88. The zero-order valence-corrected chi connectivity index (χ0v) is 12.2. The monoisotopic (exact) mass is 284 g/mol. The lowest BCUT2D eigenvalue weighted by atomic mass is 10.1. The lowest BCUT2D eigenvalue weighted by molar-refractivity contribution is 0.896. The predicted octanol–water partition coefficient (Wildman–Crippen LogP) is 4.57. The fraction of sp³-hybridized carbons (Fsp3) is 0.100. The van der Waals surface area contributed by atoms with Crippen molar-refractivity contribution in [3.05, 3.63) is 84.3 Å². The van der Waals surface area contributed by atoms with Gasteiger partial charge in [0.1, 0.15) is 0 Å². The molecule has 0 N–H and O–H groups in total. The van der Waals surface area contributed by atoms with Crippen molar-refractivity contribution < 1.29 is 0 Å². The second-order valence-electron chi connectivity index (χ2n) is 5.47. The molecule has 2 heteroatoms. The van der Waals surface area contributed by atoms with E-state index in [1.807, 2.05) is 18.3 Å². The van der Waals surface area contributed by atoms with Crippen LogP contribution >= 0.6 is 0 Å². The number of hydrogen-bond donors (Lipinski definition) is 0. The van der Waals surface area contributed by atoms with Crippen molar-refractivity contribution in [2.45, 2.75) is 12.8 Å². The molecule has 0 bridgehead atoms. The zero-order valence-electron chi connectivity index (χ0n) is 12.2. The fourth-order valence-corrected chi connectivity index (χ4v) is 2.88. The van der Waals surface area contributed by atoms with Crippen LogP contribution in [0.5, 0.6) is 0 Å². The molecular formula is C20H16N2. The first kappa shape index (κ1) is 13.0. The maximum Gasteiger partial charge on any atom is 0.0705 e. The van der Waals surface area contributed by atoms with Crippen LogP contribution in [0.1, 0.15) is 11.4 Å². The van der Waals surface area contributed by atoms with Crippen LogP contribution in [0.3, 0.4) is 0 Å². The molecular weight excluding hydrogens is 268 g/mol. The summed E-state index contributed by atoms with van der Waals surface area (Å²) in [5.74, 6) is 0. The molecule has 2 heterocycles. The van der Waals surface area contributed by atoms with Gasteiger partial charge in [0.25, 0.3) is 0 Å². The van der Waals surface area contributed by atoms with E-state index < -0.39 is 0 Å². The molecule has 2 nitrogen and oxygen atoms in total. The minimum atomic E-state index is 0.909. The van der Waals surface area contributed by atoms with E-state index in [4.69, 9.17) is 4.98 Å². The highest BCUT2D eigenvalue weighted by molar-refractivity contribution is 5.84. The van der Waals surface area contributed by atoms with Crippen molar-refractivity contribution in [1.29, 1.82) is 0 Å². The summed E-state index contributed by atoms with van der Waals surface area (Å²) in [5, 5.41) is 3.68. The summed E-state index contributed by atoms with van der Waals surface area (Å²) in [6.45, 7) is 0. The molecule has 4 rings (SSSR count). The van der Waals surface area contributed by atoms with Crippen molar-refractivity contribution in [3.63, 3.8) is 0 Å². The highest BCUT2D eigenvalue weighted by Crippen LogP contribution is 2.18. The maximum atomic E-state index is 4.74. The number of para-hydroxylation sites is 1. The third-order valence-electron chi connectivity index (χ3n) is 4.03. The second-order valence-corrected chi connectivity index (χ2v) is 5.47. The smallest absolute Gasteiger partial charge is 0.0705 e. The summed E-state index contributed by atoms with van der Waals surface area (Å²) in [7, 11) is 0. The number of fused-ring (bicyclic) bond motifs is 2. The van der Waals surface area contributed by atoms with Crippen LogP contribution in [-0.2, 0) is 12.8 Å². The van der Waals surface area contributed by atoms with Crippen LogP contribution < -0.4 is 0 Å². The Morgan fingerprint density at radius 3 is 2.45 bits per heavy atom. The van der Waals surface area contributed by atoms with Crippen LogP contribution in [0.25, 0.3) is 21.7 Å². The first-order valence-corrected chi connectivity index (χ1v) is 7.57. The van der Waals surface area contributed by atoms with Crippen molar-refractivity contribution in [3.8, 4) is 0 Å². The summed E-state index contributed by atoms with van der Waals surface area (Å²) < 4.78 is 0. The van der Waals surface area contributed by atoms with Gasteiger partial charge in [-0.3, -0.25) is 9.97 Å². The highest BCUT2D eigenvalue weighted by Gasteiger charge is 2.04. The van der Waals surface area contributed by atoms with E-state index in [0.717, 1.165) is 29.7 Å². The number of aryl methyl sites for hydroxylation is 2. The van der Waals surface area contributed by atoms with Gasteiger partial charge in [-0.25, -0.2) is 0 Å². The zero-order chi connectivity index (χ0) is 14.8. The average Bonchev–Trinajstić information content (AvgIpc) is 2.60. The Bertz CT molecular complexity index is 939. The molecule has 0 fully saturated rings.